The summed E-state index contributed by atoms with van der Waals surface area (Å²) in [7, 11) is 0. The molecule has 6 heteroatoms. The first-order valence-corrected chi connectivity index (χ1v) is 8.15. The van der Waals surface area contributed by atoms with Gasteiger partial charge in [0, 0.05) is 29.7 Å². The lowest BCUT2D eigenvalue weighted by atomic mass is 9.93. The third kappa shape index (κ3) is 3.94. The molecule has 1 fully saturated rings. The van der Waals surface area contributed by atoms with Crippen molar-refractivity contribution in [1.29, 1.82) is 0 Å². The van der Waals surface area contributed by atoms with Gasteiger partial charge in [-0.2, -0.15) is 0 Å². The molecule has 0 radical (unpaired) electrons. The molecule has 2 N–H and O–H groups in total. The number of anilines is 2. The predicted octanol–water partition coefficient (Wildman–Crippen LogP) is 4.12. The van der Waals surface area contributed by atoms with Crippen LogP contribution in [0, 0.1) is 0 Å². The molecule has 1 aromatic heterocycles. The number of carbonyl (C=O) groups is 1. The molecule has 0 spiro atoms. The average Bonchev–Trinajstić information content (AvgIpc) is 3.18. The maximum absolute atomic E-state index is 12.1. The molecule has 0 aliphatic carbocycles. The third-order valence-corrected chi connectivity index (χ3v) is 4.06. The number of hydrogen-bond donors (Lipinski definition) is 2. The van der Waals surface area contributed by atoms with Crippen molar-refractivity contribution in [3.05, 3.63) is 41.7 Å². The summed E-state index contributed by atoms with van der Waals surface area (Å²) in [5.74, 6) is 1.58. The molecule has 24 heavy (non-hydrogen) atoms. The van der Waals surface area contributed by atoms with Crippen molar-refractivity contribution < 1.29 is 14.1 Å². The molecule has 1 atom stereocenters. The van der Waals surface area contributed by atoms with Crippen LogP contribution in [-0.4, -0.2) is 24.4 Å². The number of rotatable bonds is 3. The second kappa shape index (κ2) is 6.65. The molecule has 1 aliphatic rings. The van der Waals surface area contributed by atoms with Crippen LogP contribution in [0.5, 0.6) is 0 Å². The molecule has 6 nitrogen and oxygen atoms in total. The Bertz CT molecular complexity index is 695. The highest BCUT2D eigenvalue weighted by atomic mass is 16.5. The van der Waals surface area contributed by atoms with Gasteiger partial charge in [-0.3, -0.25) is 5.32 Å². The molecule has 2 amide bonds. The van der Waals surface area contributed by atoms with Gasteiger partial charge in [0.2, 0.25) is 0 Å². The number of ether oxygens (including phenoxy) is 1. The molecule has 2 aromatic rings. The Labute approximate surface area is 141 Å². The molecule has 2 heterocycles. The normalized spacial score (nSPS) is 17.7. The first-order chi connectivity index (χ1) is 11.4. The summed E-state index contributed by atoms with van der Waals surface area (Å²) in [4.78, 5) is 12.1. The van der Waals surface area contributed by atoms with Gasteiger partial charge in [0.25, 0.3) is 0 Å². The van der Waals surface area contributed by atoms with Crippen LogP contribution in [0.1, 0.15) is 44.4 Å². The number of amides is 2. The topological polar surface area (TPSA) is 76.4 Å². The zero-order valence-electron chi connectivity index (χ0n) is 14.3. The van der Waals surface area contributed by atoms with Gasteiger partial charge >= 0.3 is 6.03 Å². The first-order valence-electron chi connectivity index (χ1n) is 8.15. The van der Waals surface area contributed by atoms with Crippen LogP contribution >= 0.6 is 0 Å². The lowest BCUT2D eigenvalue weighted by Crippen LogP contribution is -2.19. The maximum atomic E-state index is 12.1. The van der Waals surface area contributed by atoms with Crippen molar-refractivity contribution in [3.8, 4) is 0 Å². The molecule has 1 saturated heterocycles. The van der Waals surface area contributed by atoms with E-state index in [1.807, 2.05) is 45.0 Å². The Morgan fingerprint density at radius 1 is 1.21 bits per heavy atom. The van der Waals surface area contributed by atoms with Crippen molar-refractivity contribution in [2.24, 2.45) is 0 Å². The van der Waals surface area contributed by atoms with Crippen LogP contribution in [0.2, 0.25) is 0 Å². The van der Waals surface area contributed by atoms with E-state index in [0.717, 1.165) is 31.1 Å². The second-order valence-electron chi connectivity index (χ2n) is 7.09. The van der Waals surface area contributed by atoms with Gasteiger partial charge < -0.3 is 14.6 Å². The van der Waals surface area contributed by atoms with Crippen LogP contribution in [-0.2, 0) is 10.2 Å². The van der Waals surface area contributed by atoms with E-state index in [2.05, 4.69) is 15.8 Å². The molecule has 128 valence electrons. The molecule has 0 saturated carbocycles. The van der Waals surface area contributed by atoms with Crippen molar-refractivity contribution in [2.45, 2.75) is 38.5 Å². The quantitative estimate of drug-likeness (QED) is 0.888. The number of benzene rings is 1. The van der Waals surface area contributed by atoms with E-state index in [0.29, 0.717) is 11.7 Å². The molecular weight excluding hydrogens is 306 g/mol. The molecular formula is C18H23N3O3. The SMILES string of the molecule is CC(C)(C)c1cc(NC(=O)Nc2ccc(C3CCOC3)cc2)no1. The second-order valence-corrected chi connectivity index (χ2v) is 7.09. The number of nitrogens with zero attached hydrogens (tertiary/aromatic N) is 1. The van der Waals surface area contributed by atoms with E-state index in [1.165, 1.54) is 5.56 Å². The van der Waals surface area contributed by atoms with E-state index in [9.17, 15) is 4.79 Å². The fourth-order valence-electron chi connectivity index (χ4n) is 2.60. The fraction of sp³-hybridized carbons (Fsp3) is 0.444. The average molecular weight is 329 g/mol. The summed E-state index contributed by atoms with van der Waals surface area (Å²) >= 11 is 0. The van der Waals surface area contributed by atoms with Crippen LogP contribution < -0.4 is 10.6 Å². The van der Waals surface area contributed by atoms with Crippen molar-refractivity contribution in [3.63, 3.8) is 0 Å². The smallest absolute Gasteiger partial charge is 0.324 e. The molecule has 1 aromatic carbocycles. The molecule has 1 unspecified atom stereocenters. The maximum Gasteiger partial charge on any atom is 0.324 e. The van der Waals surface area contributed by atoms with Gasteiger partial charge in [-0.05, 0) is 24.1 Å². The van der Waals surface area contributed by atoms with Gasteiger partial charge in [0.15, 0.2) is 5.82 Å². The summed E-state index contributed by atoms with van der Waals surface area (Å²) in [6, 6.07) is 9.25. The Morgan fingerprint density at radius 2 is 1.96 bits per heavy atom. The van der Waals surface area contributed by atoms with Crippen LogP contribution in [0.25, 0.3) is 0 Å². The zero-order valence-corrected chi connectivity index (χ0v) is 14.3. The number of nitrogens with one attached hydrogen (secondary N) is 2. The van der Waals surface area contributed by atoms with Gasteiger partial charge in [-0.15, -0.1) is 0 Å². The van der Waals surface area contributed by atoms with E-state index in [4.69, 9.17) is 9.26 Å². The minimum absolute atomic E-state index is 0.150. The molecule has 3 rings (SSSR count). The van der Waals surface area contributed by atoms with Crippen molar-refractivity contribution >= 4 is 17.5 Å². The minimum atomic E-state index is -0.347. The van der Waals surface area contributed by atoms with Crippen LogP contribution in [0.4, 0.5) is 16.3 Å². The summed E-state index contributed by atoms with van der Waals surface area (Å²) in [5, 5.41) is 9.34. The molecule has 0 bridgehead atoms. The van der Waals surface area contributed by atoms with E-state index >= 15 is 0 Å². The Morgan fingerprint density at radius 3 is 2.54 bits per heavy atom. The third-order valence-electron chi connectivity index (χ3n) is 4.06. The van der Waals surface area contributed by atoms with Crippen LogP contribution in [0.3, 0.4) is 0 Å². The predicted molar refractivity (Wildman–Crippen MR) is 92.5 cm³/mol. The zero-order chi connectivity index (χ0) is 17.2. The summed E-state index contributed by atoms with van der Waals surface area (Å²) in [6.07, 6.45) is 1.05. The number of aromatic nitrogens is 1. The summed E-state index contributed by atoms with van der Waals surface area (Å²) in [5.41, 5.74) is 1.82. The highest BCUT2D eigenvalue weighted by molar-refractivity contribution is 5.99. The molecule has 1 aliphatic heterocycles. The standard InChI is InChI=1S/C18H23N3O3/c1-18(2,3)15-10-16(21-24-15)20-17(22)19-14-6-4-12(5-7-14)13-8-9-23-11-13/h4-7,10,13H,8-9,11H2,1-3H3,(H2,19,20,21,22). The minimum Gasteiger partial charge on any atom is -0.381 e. The Hall–Kier alpha value is -2.34. The summed E-state index contributed by atoms with van der Waals surface area (Å²) in [6.45, 7) is 7.66. The highest BCUT2D eigenvalue weighted by Crippen LogP contribution is 2.26. The monoisotopic (exact) mass is 329 g/mol. The highest BCUT2D eigenvalue weighted by Gasteiger charge is 2.20. The summed E-state index contributed by atoms with van der Waals surface area (Å²) < 4.78 is 10.7. The Kier molecular flexibility index (Phi) is 4.57. The number of carbonyl (C=O) groups excluding carboxylic acids is 1. The van der Waals surface area contributed by atoms with E-state index in [-0.39, 0.29) is 11.4 Å². The lowest BCUT2D eigenvalue weighted by Gasteiger charge is -2.12. The van der Waals surface area contributed by atoms with Gasteiger partial charge in [0.1, 0.15) is 5.76 Å². The Balaban J connectivity index is 1.57. The van der Waals surface area contributed by atoms with Gasteiger partial charge in [-0.1, -0.05) is 38.1 Å². The van der Waals surface area contributed by atoms with Crippen LogP contribution in [0.15, 0.2) is 34.9 Å². The van der Waals surface area contributed by atoms with Crippen molar-refractivity contribution in [1.82, 2.24) is 5.16 Å². The van der Waals surface area contributed by atoms with Gasteiger partial charge in [-0.25, -0.2) is 4.79 Å². The number of hydrogen-bond acceptors (Lipinski definition) is 4. The number of urea groups is 1. The van der Waals surface area contributed by atoms with E-state index < -0.39 is 0 Å². The first kappa shape index (κ1) is 16.5. The largest absolute Gasteiger partial charge is 0.381 e. The van der Waals surface area contributed by atoms with Crippen molar-refractivity contribution in [2.75, 3.05) is 23.8 Å². The lowest BCUT2D eigenvalue weighted by molar-refractivity contribution is 0.194. The van der Waals surface area contributed by atoms with E-state index in [1.54, 1.807) is 6.07 Å². The van der Waals surface area contributed by atoms with Gasteiger partial charge in [0.05, 0.1) is 6.61 Å². The fourth-order valence-corrected chi connectivity index (χ4v) is 2.60.